The number of para-hydroxylation sites is 2. The molecule has 0 aliphatic carbocycles. The van der Waals surface area contributed by atoms with Gasteiger partial charge >= 0.3 is 5.97 Å². The van der Waals surface area contributed by atoms with Crippen molar-refractivity contribution >= 4 is 69.7 Å². The van der Waals surface area contributed by atoms with E-state index in [4.69, 9.17) is 16.3 Å². The van der Waals surface area contributed by atoms with Crippen LogP contribution in [0.3, 0.4) is 0 Å². The van der Waals surface area contributed by atoms with Crippen LogP contribution in [0.4, 0.5) is 16.2 Å². The van der Waals surface area contributed by atoms with E-state index in [1.165, 1.54) is 31.4 Å². The smallest absolute Gasteiger partial charge is 0.339 e. The monoisotopic (exact) mass is 579 g/mol. The molecule has 4 rings (SSSR count). The number of hydrogen-bond acceptors (Lipinski definition) is 8. The second-order valence-corrected chi connectivity index (χ2v) is 9.64. The summed E-state index contributed by atoms with van der Waals surface area (Å²) in [7, 11) is 1.20. The Hall–Kier alpha value is -4.61. The fourth-order valence-corrected chi connectivity index (χ4v) is 4.61. The predicted molar refractivity (Wildman–Crippen MR) is 151 cm³/mol. The average molecular weight is 580 g/mol. The molecular formula is C28H22ClN3O7S. The van der Waals surface area contributed by atoms with Crippen LogP contribution < -0.4 is 15.4 Å². The van der Waals surface area contributed by atoms with Gasteiger partial charge in [-0.15, -0.1) is 0 Å². The molecule has 4 amide bonds. The number of imide groups is 1. The highest BCUT2D eigenvalue weighted by Crippen LogP contribution is 2.34. The second-order valence-electron chi connectivity index (χ2n) is 8.24. The van der Waals surface area contributed by atoms with E-state index < -0.39 is 29.6 Å². The lowest BCUT2D eigenvalue weighted by atomic mass is 10.2. The van der Waals surface area contributed by atoms with Crippen LogP contribution in [-0.2, 0) is 19.1 Å². The third-order valence-corrected chi connectivity index (χ3v) is 6.69. The van der Waals surface area contributed by atoms with E-state index in [2.05, 4.69) is 15.4 Å². The molecule has 0 radical (unpaired) electrons. The molecule has 3 aromatic rings. The summed E-state index contributed by atoms with van der Waals surface area (Å²) in [6.07, 6.45) is 1.47. The lowest BCUT2D eigenvalue weighted by molar-refractivity contribution is -0.127. The maximum atomic E-state index is 13.0. The highest BCUT2D eigenvalue weighted by molar-refractivity contribution is 8.18. The van der Waals surface area contributed by atoms with Crippen molar-refractivity contribution in [2.45, 2.75) is 0 Å². The van der Waals surface area contributed by atoms with Crippen molar-refractivity contribution in [1.82, 2.24) is 4.90 Å². The number of rotatable bonds is 9. The van der Waals surface area contributed by atoms with Gasteiger partial charge in [0, 0.05) is 16.9 Å². The topological polar surface area (TPSA) is 131 Å². The standard InChI is InChI=1S/C28H22ClN3O7S/c1-38-27(36)20-14-19(11-12-21(20)29)31-24(33)15-32-26(35)23(40-28(32)37)13-17-7-5-6-10-22(17)39-16-25(34)30-18-8-3-2-4-9-18/h2-14H,15-16H2,1H3,(H,30,34)(H,31,33)/b23-13+. The van der Waals surface area contributed by atoms with Gasteiger partial charge in [-0.2, -0.15) is 0 Å². The maximum absolute atomic E-state index is 13.0. The average Bonchev–Trinajstić information content (AvgIpc) is 3.20. The van der Waals surface area contributed by atoms with Crippen molar-refractivity contribution in [3.63, 3.8) is 0 Å². The van der Waals surface area contributed by atoms with Gasteiger partial charge in [-0.1, -0.05) is 48.0 Å². The van der Waals surface area contributed by atoms with Crippen molar-refractivity contribution in [3.05, 3.63) is 93.9 Å². The number of esters is 1. The summed E-state index contributed by atoms with van der Waals surface area (Å²) in [5.41, 5.74) is 1.39. The minimum atomic E-state index is -0.682. The first kappa shape index (κ1) is 28.4. The van der Waals surface area contributed by atoms with Crippen LogP contribution in [0.25, 0.3) is 6.08 Å². The predicted octanol–water partition coefficient (Wildman–Crippen LogP) is 4.82. The van der Waals surface area contributed by atoms with Gasteiger partial charge in [0.15, 0.2) is 6.61 Å². The second kappa shape index (κ2) is 13.0. The summed E-state index contributed by atoms with van der Waals surface area (Å²) in [4.78, 5) is 63.1. The van der Waals surface area contributed by atoms with E-state index in [1.54, 1.807) is 48.5 Å². The Balaban J connectivity index is 1.40. The first-order valence-corrected chi connectivity index (χ1v) is 12.9. The quantitative estimate of drug-likeness (QED) is 0.272. The van der Waals surface area contributed by atoms with E-state index in [0.717, 1.165) is 4.90 Å². The number of benzene rings is 3. The Bertz CT molecular complexity index is 1510. The number of amides is 4. The third-order valence-electron chi connectivity index (χ3n) is 5.45. The summed E-state index contributed by atoms with van der Waals surface area (Å²) in [5.74, 6) is -2.03. The maximum Gasteiger partial charge on any atom is 0.339 e. The first-order chi connectivity index (χ1) is 19.2. The van der Waals surface area contributed by atoms with Gasteiger partial charge in [0.05, 0.1) is 22.6 Å². The number of anilines is 2. The zero-order valence-electron chi connectivity index (χ0n) is 21.0. The molecule has 1 aliphatic rings. The molecule has 0 spiro atoms. The Labute approximate surface area is 238 Å². The van der Waals surface area contributed by atoms with Crippen LogP contribution in [0.15, 0.2) is 77.7 Å². The number of ether oxygens (including phenoxy) is 2. The van der Waals surface area contributed by atoms with Crippen molar-refractivity contribution in [2.75, 3.05) is 30.9 Å². The fourth-order valence-electron chi connectivity index (χ4n) is 3.58. The molecule has 12 heteroatoms. The Kier molecular flexibility index (Phi) is 9.20. The molecule has 0 saturated carbocycles. The molecule has 204 valence electrons. The van der Waals surface area contributed by atoms with Crippen molar-refractivity contribution in [2.24, 2.45) is 0 Å². The SMILES string of the molecule is COC(=O)c1cc(NC(=O)CN2C(=O)S/C(=C/c3ccccc3OCC(=O)Nc3ccccc3)C2=O)ccc1Cl. The number of carbonyl (C=O) groups is 5. The summed E-state index contributed by atoms with van der Waals surface area (Å²) >= 11 is 6.67. The fraction of sp³-hybridized carbons (Fsp3) is 0.107. The van der Waals surface area contributed by atoms with E-state index in [9.17, 15) is 24.0 Å². The molecule has 0 atom stereocenters. The summed E-state index contributed by atoms with van der Waals surface area (Å²) in [5, 5.41) is 4.77. The van der Waals surface area contributed by atoms with Gasteiger partial charge in [-0.25, -0.2) is 4.79 Å². The molecule has 40 heavy (non-hydrogen) atoms. The molecule has 10 nitrogen and oxygen atoms in total. The summed E-state index contributed by atoms with van der Waals surface area (Å²) in [6.45, 7) is -0.820. The Morgan fingerprint density at radius 3 is 2.38 bits per heavy atom. The summed E-state index contributed by atoms with van der Waals surface area (Å²) < 4.78 is 10.3. The van der Waals surface area contributed by atoms with Crippen LogP contribution in [0, 0.1) is 0 Å². The molecule has 1 aliphatic heterocycles. The van der Waals surface area contributed by atoms with Crippen molar-refractivity contribution in [3.8, 4) is 5.75 Å². The van der Waals surface area contributed by atoms with Crippen LogP contribution in [0.2, 0.25) is 5.02 Å². The Morgan fingerprint density at radius 1 is 0.925 bits per heavy atom. The lowest BCUT2D eigenvalue weighted by Crippen LogP contribution is -2.36. The minimum Gasteiger partial charge on any atom is -0.483 e. The van der Waals surface area contributed by atoms with Crippen LogP contribution in [0.5, 0.6) is 5.75 Å². The number of nitrogens with one attached hydrogen (secondary N) is 2. The molecule has 1 fully saturated rings. The first-order valence-electron chi connectivity index (χ1n) is 11.7. The zero-order valence-corrected chi connectivity index (χ0v) is 22.6. The highest BCUT2D eigenvalue weighted by Gasteiger charge is 2.36. The van der Waals surface area contributed by atoms with Crippen molar-refractivity contribution < 1.29 is 33.4 Å². The molecule has 0 bridgehead atoms. The molecule has 1 heterocycles. The number of nitrogens with zero attached hydrogens (tertiary/aromatic N) is 1. The molecular weight excluding hydrogens is 558 g/mol. The van der Waals surface area contributed by atoms with Gasteiger partial charge in [0.2, 0.25) is 5.91 Å². The van der Waals surface area contributed by atoms with Gasteiger partial charge in [-0.3, -0.25) is 24.1 Å². The molecule has 0 unspecified atom stereocenters. The highest BCUT2D eigenvalue weighted by atomic mass is 35.5. The zero-order chi connectivity index (χ0) is 28.6. The van der Waals surface area contributed by atoms with E-state index in [0.29, 0.717) is 28.8 Å². The summed E-state index contributed by atoms with van der Waals surface area (Å²) in [6, 6.07) is 19.9. The molecule has 2 N–H and O–H groups in total. The van der Waals surface area contributed by atoms with Gasteiger partial charge in [-0.05, 0) is 54.2 Å². The van der Waals surface area contributed by atoms with E-state index in [-0.39, 0.29) is 33.7 Å². The largest absolute Gasteiger partial charge is 0.483 e. The molecule has 3 aromatic carbocycles. The lowest BCUT2D eigenvalue weighted by Gasteiger charge is -2.13. The third kappa shape index (κ3) is 7.07. The van der Waals surface area contributed by atoms with E-state index >= 15 is 0 Å². The van der Waals surface area contributed by atoms with Gasteiger partial charge in [0.1, 0.15) is 12.3 Å². The van der Waals surface area contributed by atoms with Gasteiger partial charge < -0.3 is 20.1 Å². The van der Waals surface area contributed by atoms with Crippen molar-refractivity contribution in [1.29, 1.82) is 0 Å². The van der Waals surface area contributed by atoms with Crippen LogP contribution in [0.1, 0.15) is 15.9 Å². The van der Waals surface area contributed by atoms with Gasteiger partial charge in [0.25, 0.3) is 17.1 Å². The Morgan fingerprint density at radius 2 is 1.62 bits per heavy atom. The van der Waals surface area contributed by atoms with Crippen LogP contribution >= 0.6 is 23.4 Å². The molecule has 0 aromatic heterocycles. The molecule has 1 saturated heterocycles. The number of carbonyl (C=O) groups excluding carboxylic acids is 5. The number of thioether (sulfide) groups is 1. The minimum absolute atomic E-state index is 0.0505. The van der Waals surface area contributed by atoms with Crippen LogP contribution in [-0.4, -0.2) is 54.1 Å². The number of methoxy groups -OCH3 is 1. The normalized spacial score (nSPS) is 13.8. The van der Waals surface area contributed by atoms with E-state index in [1.807, 2.05) is 6.07 Å². The number of hydrogen-bond donors (Lipinski definition) is 2. The number of halogens is 1.